The van der Waals surface area contributed by atoms with E-state index >= 15 is 0 Å². The van der Waals surface area contributed by atoms with E-state index in [4.69, 9.17) is 16.3 Å². The Balaban J connectivity index is 1.41. The van der Waals surface area contributed by atoms with Gasteiger partial charge in [-0.15, -0.1) is 0 Å². The molecule has 0 aromatic heterocycles. The summed E-state index contributed by atoms with van der Waals surface area (Å²) in [4.78, 5) is 16.8. The van der Waals surface area contributed by atoms with Crippen molar-refractivity contribution >= 4 is 28.9 Å². The van der Waals surface area contributed by atoms with Gasteiger partial charge in [-0.25, -0.2) is 0 Å². The fraction of sp³-hybridized carbons (Fsp3) is 0.350. The summed E-state index contributed by atoms with van der Waals surface area (Å²) in [6, 6.07) is 15.3. The van der Waals surface area contributed by atoms with Gasteiger partial charge in [0.05, 0.1) is 7.11 Å². The SMILES string of the molecule is COc1ccc(NC(=O)CCN2CCN(c3cccc(Cl)c3)CC2)cc1. The van der Waals surface area contributed by atoms with E-state index in [2.05, 4.69) is 21.2 Å². The van der Waals surface area contributed by atoms with Crippen molar-refractivity contribution in [3.05, 3.63) is 53.6 Å². The summed E-state index contributed by atoms with van der Waals surface area (Å²) in [5.74, 6) is 0.813. The molecule has 1 aliphatic rings. The van der Waals surface area contributed by atoms with Crippen LogP contribution in [-0.2, 0) is 4.79 Å². The molecule has 1 aliphatic heterocycles. The van der Waals surface area contributed by atoms with Crippen molar-refractivity contribution in [2.24, 2.45) is 0 Å². The van der Waals surface area contributed by atoms with Crippen LogP contribution >= 0.6 is 11.6 Å². The quantitative estimate of drug-likeness (QED) is 0.841. The Morgan fingerprint density at radius 1 is 1.12 bits per heavy atom. The van der Waals surface area contributed by atoms with Crippen molar-refractivity contribution in [2.75, 3.05) is 50.1 Å². The molecule has 1 saturated heterocycles. The van der Waals surface area contributed by atoms with E-state index < -0.39 is 0 Å². The first-order valence-electron chi connectivity index (χ1n) is 8.81. The van der Waals surface area contributed by atoms with E-state index in [0.717, 1.165) is 54.9 Å². The zero-order valence-corrected chi connectivity index (χ0v) is 15.7. The highest BCUT2D eigenvalue weighted by molar-refractivity contribution is 6.30. The number of carbonyl (C=O) groups is 1. The number of ether oxygens (including phenoxy) is 1. The first kappa shape index (κ1) is 18.5. The van der Waals surface area contributed by atoms with Gasteiger partial charge < -0.3 is 15.0 Å². The number of benzene rings is 2. The maximum atomic E-state index is 12.1. The molecule has 1 heterocycles. The molecule has 26 heavy (non-hydrogen) atoms. The Morgan fingerprint density at radius 2 is 1.85 bits per heavy atom. The lowest BCUT2D eigenvalue weighted by Crippen LogP contribution is -2.47. The van der Waals surface area contributed by atoms with E-state index in [-0.39, 0.29) is 5.91 Å². The lowest BCUT2D eigenvalue weighted by molar-refractivity contribution is -0.116. The van der Waals surface area contributed by atoms with E-state index in [1.165, 1.54) is 0 Å². The number of amides is 1. The molecule has 138 valence electrons. The van der Waals surface area contributed by atoms with Gasteiger partial charge in [0.2, 0.25) is 5.91 Å². The maximum absolute atomic E-state index is 12.1. The van der Waals surface area contributed by atoms with Crippen LogP contribution in [0.25, 0.3) is 0 Å². The number of piperazine rings is 1. The summed E-state index contributed by atoms with van der Waals surface area (Å²) < 4.78 is 5.12. The Hall–Kier alpha value is -2.24. The molecule has 0 atom stereocenters. The Labute approximate surface area is 159 Å². The third-order valence-electron chi connectivity index (χ3n) is 4.57. The Morgan fingerprint density at radius 3 is 2.50 bits per heavy atom. The third kappa shape index (κ3) is 5.13. The Kier molecular flexibility index (Phi) is 6.36. The molecule has 0 spiro atoms. The van der Waals surface area contributed by atoms with E-state index in [9.17, 15) is 4.79 Å². The molecule has 0 radical (unpaired) electrons. The second-order valence-electron chi connectivity index (χ2n) is 6.34. The van der Waals surface area contributed by atoms with E-state index in [0.29, 0.717) is 6.42 Å². The number of halogens is 1. The number of rotatable bonds is 6. The van der Waals surface area contributed by atoms with Crippen LogP contribution in [-0.4, -0.2) is 50.6 Å². The molecular weight excluding hydrogens is 350 g/mol. The highest BCUT2D eigenvalue weighted by atomic mass is 35.5. The molecule has 2 aromatic rings. The number of hydrogen-bond acceptors (Lipinski definition) is 4. The van der Waals surface area contributed by atoms with E-state index in [1.807, 2.05) is 42.5 Å². The minimum absolute atomic E-state index is 0.0347. The van der Waals surface area contributed by atoms with Crippen LogP contribution in [0.5, 0.6) is 5.75 Å². The van der Waals surface area contributed by atoms with Crippen molar-refractivity contribution in [2.45, 2.75) is 6.42 Å². The molecule has 0 saturated carbocycles. The van der Waals surface area contributed by atoms with Crippen molar-refractivity contribution in [1.82, 2.24) is 4.90 Å². The van der Waals surface area contributed by atoms with Gasteiger partial charge in [-0.1, -0.05) is 17.7 Å². The molecule has 5 nitrogen and oxygen atoms in total. The highest BCUT2D eigenvalue weighted by Gasteiger charge is 2.18. The fourth-order valence-corrected chi connectivity index (χ4v) is 3.24. The van der Waals surface area contributed by atoms with Crippen LogP contribution in [0, 0.1) is 0 Å². The molecule has 1 fully saturated rings. The summed E-state index contributed by atoms with van der Waals surface area (Å²) in [5.41, 5.74) is 1.95. The molecular formula is C20H24ClN3O2. The molecule has 3 rings (SSSR count). The number of methoxy groups -OCH3 is 1. The van der Waals surface area contributed by atoms with Gasteiger partial charge in [-0.2, -0.15) is 0 Å². The summed E-state index contributed by atoms with van der Waals surface area (Å²) >= 11 is 6.07. The normalized spacial score (nSPS) is 14.9. The largest absolute Gasteiger partial charge is 0.497 e. The third-order valence-corrected chi connectivity index (χ3v) is 4.81. The predicted molar refractivity (Wildman–Crippen MR) is 106 cm³/mol. The van der Waals surface area contributed by atoms with Gasteiger partial charge in [0.1, 0.15) is 5.75 Å². The van der Waals surface area contributed by atoms with Crippen LogP contribution in [0.15, 0.2) is 48.5 Å². The first-order valence-corrected chi connectivity index (χ1v) is 9.18. The number of nitrogens with zero attached hydrogens (tertiary/aromatic N) is 2. The summed E-state index contributed by atoms with van der Waals surface area (Å²) in [6.45, 7) is 4.55. The minimum Gasteiger partial charge on any atom is -0.497 e. The van der Waals surface area contributed by atoms with Gasteiger partial charge in [-0.05, 0) is 42.5 Å². The molecule has 1 N–H and O–H groups in total. The maximum Gasteiger partial charge on any atom is 0.225 e. The molecule has 6 heteroatoms. The van der Waals surface area contributed by atoms with Gasteiger partial charge in [0, 0.05) is 55.5 Å². The van der Waals surface area contributed by atoms with Gasteiger partial charge in [0.15, 0.2) is 0 Å². The number of anilines is 2. The predicted octanol–water partition coefficient (Wildman–Crippen LogP) is 3.50. The van der Waals surface area contributed by atoms with Crippen LogP contribution in [0.1, 0.15) is 6.42 Å². The van der Waals surface area contributed by atoms with Crippen LogP contribution in [0.4, 0.5) is 11.4 Å². The Bertz CT molecular complexity index is 728. The second-order valence-corrected chi connectivity index (χ2v) is 6.77. The minimum atomic E-state index is 0.0347. The number of nitrogens with one attached hydrogen (secondary N) is 1. The van der Waals surface area contributed by atoms with Gasteiger partial charge >= 0.3 is 0 Å². The topological polar surface area (TPSA) is 44.8 Å². The first-order chi connectivity index (χ1) is 12.6. The van der Waals surface area contributed by atoms with Crippen molar-refractivity contribution in [3.63, 3.8) is 0 Å². The molecule has 1 amide bonds. The smallest absolute Gasteiger partial charge is 0.225 e. The molecule has 0 bridgehead atoms. The summed E-state index contributed by atoms with van der Waals surface area (Å²) in [5, 5.41) is 3.69. The lowest BCUT2D eigenvalue weighted by Gasteiger charge is -2.36. The average molecular weight is 374 g/mol. The fourth-order valence-electron chi connectivity index (χ4n) is 3.06. The standard InChI is InChI=1S/C20H24ClN3O2/c1-26-19-7-5-17(6-8-19)22-20(25)9-10-23-11-13-24(14-12-23)18-4-2-3-16(21)15-18/h2-8,15H,9-14H2,1H3,(H,22,25). The molecule has 0 unspecified atom stereocenters. The monoisotopic (exact) mass is 373 g/mol. The highest BCUT2D eigenvalue weighted by Crippen LogP contribution is 2.21. The van der Waals surface area contributed by atoms with Crippen molar-refractivity contribution in [1.29, 1.82) is 0 Å². The number of carbonyl (C=O) groups excluding carboxylic acids is 1. The van der Waals surface area contributed by atoms with Gasteiger partial charge in [0.25, 0.3) is 0 Å². The van der Waals surface area contributed by atoms with Crippen LogP contribution in [0.2, 0.25) is 5.02 Å². The molecule has 2 aromatic carbocycles. The zero-order chi connectivity index (χ0) is 18.4. The second kappa shape index (κ2) is 8.92. The van der Waals surface area contributed by atoms with Gasteiger partial charge in [-0.3, -0.25) is 9.69 Å². The molecule has 0 aliphatic carbocycles. The van der Waals surface area contributed by atoms with Crippen LogP contribution < -0.4 is 15.0 Å². The number of hydrogen-bond donors (Lipinski definition) is 1. The lowest BCUT2D eigenvalue weighted by atomic mass is 10.2. The summed E-state index contributed by atoms with van der Waals surface area (Å²) in [6.07, 6.45) is 0.489. The van der Waals surface area contributed by atoms with Crippen molar-refractivity contribution < 1.29 is 9.53 Å². The van der Waals surface area contributed by atoms with Crippen LogP contribution in [0.3, 0.4) is 0 Å². The zero-order valence-electron chi connectivity index (χ0n) is 15.0. The average Bonchev–Trinajstić information content (AvgIpc) is 2.67. The summed E-state index contributed by atoms with van der Waals surface area (Å²) in [7, 11) is 1.62. The van der Waals surface area contributed by atoms with E-state index in [1.54, 1.807) is 7.11 Å². The van der Waals surface area contributed by atoms with Crippen molar-refractivity contribution in [3.8, 4) is 5.75 Å².